The second kappa shape index (κ2) is 11.1. The largest absolute Gasteiger partial charge is 0.513 e. The van der Waals surface area contributed by atoms with Crippen molar-refractivity contribution in [3.63, 3.8) is 0 Å². The standard InChI is InChI=1S/C18H38O3Si2/c1-8-20-18(19)21-16-15-17(22(9-2,10-3)11-4)23(12-5,13-6)14-7/h15-17H,8-14H2,1-7H3/b16-15-. The van der Waals surface area contributed by atoms with Gasteiger partial charge in [0.15, 0.2) is 0 Å². The zero-order valence-corrected chi connectivity index (χ0v) is 18.4. The van der Waals surface area contributed by atoms with Crippen LogP contribution in [0.4, 0.5) is 4.79 Å². The van der Waals surface area contributed by atoms with Crippen LogP contribution in [-0.4, -0.2) is 28.9 Å². The van der Waals surface area contributed by atoms with Gasteiger partial charge in [-0.2, -0.15) is 0 Å². The maximum atomic E-state index is 11.5. The number of hydrogen-bond acceptors (Lipinski definition) is 3. The van der Waals surface area contributed by atoms with Crippen molar-refractivity contribution < 1.29 is 14.3 Å². The molecule has 0 heterocycles. The van der Waals surface area contributed by atoms with E-state index in [1.165, 1.54) is 36.3 Å². The maximum Gasteiger partial charge on any atom is 0.513 e. The van der Waals surface area contributed by atoms with Gasteiger partial charge >= 0.3 is 6.16 Å². The van der Waals surface area contributed by atoms with Gasteiger partial charge < -0.3 is 9.47 Å². The molecular formula is C18H38O3Si2. The number of ether oxygens (including phenoxy) is 2. The maximum absolute atomic E-state index is 11.5. The third-order valence-electron chi connectivity index (χ3n) is 6.24. The molecule has 0 aromatic rings. The van der Waals surface area contributed by atoms with Crippen molar-refractivity contribution in [3.05, 3.63) is 12.3 Å². The molecule has 0 spiro atoms. The van der Waals surface area contributed by atoms with E-state index in [2.05, 4.69) is 47.6 Å². The highest BCUT2D eigenvalue weighted by atomic mass is 28.4. The van der Waals surface area contributed by atoms with Crippen molar-refractivity contribution in [1.29, 1.82) is 0 Å². The van der Waals surface area contributed by atoms with E-state index in [1.807, 2.05) is 0 Å². The minimum absolute atomic E-state index is 0.352. The Hall–Kier alpha value is -0.556. The SMILES string of the molecule is CCOC(=O)O/C=C\C([Si](CC)(CC)CC)[Si](CC)(CC)CC. The molecule has 0 aliphatic rings. The first kappa shape index (κ1) is 22.4. The first-order chi connectivity index (χ1) is 11.0. The Morgan fingerprint density at radius 3 is 1.52 bits per heavy atom. The predicted octanol–water partition coefficient (Wildman–Crippen LogP) is 6.60. The van der Waals surface area contributed by atoms with Crippen LogP contribution in [0.15, 0.2) is 12.3 Å². The Bertz CT molecular complexity index is 325. The molecule has 0 atom stereocenters. The van der Waals surface area contributed by atoms with Crippen LogP contribution < -0.4 is 0 Å². The first-order valence-electron chi connectivity index (χ1n) is 9.45. The molecule has 136 valence electrons. The summed E-state index contributed by atoms with van der Waals surface area (Å²) < 4.78 is 10.0. The summed E-state index contributed by atoms with van der Waals surface area (Å²) in [5, 5.41) is 0.671. The van der Waals surface area contributed by atoms with Crippen molar-refractivity contribution in [2.24, 2.45) is 0 Å². The summed E-state index contributed by atoms with van der Waals surface area (Å²) in [7, 11) is -2.79. The van der Waals surface area contributed by atoms with Crippen LogP contribution in [0.3, 0.4) is 0 Å². The fourth-order valence-electron chi connectivity index (χ4n) is 4.20. The number of rotatable bonds is 11. The van der Waals surface area contributed by atoms with Gasteiger partial charge in [-0.15, -0.1) is 0 Å². The van der Waals surface area contributed by atoms with Crippen LogP contribution in [0.2, 0.25) is 41.4 Å². The van der Waals surface area contributed by atoms with Gasteiger partial charge in [0.05, 0.1) is 29.0 Å². The molecule has 5 heteroatoms. The molecule has 0 aliphatic carbocycles. The van der Waals surface area contributed by atoms with E-state index in [1.54, 1.807) is 13.2 Å². The highest BCUT2D eigenvalue weighted by Gasteiger charge is 2.46. The number of hydrogen-bond donors (Lipinski definition) is 0. The zero-order valence-electron chi connectivity index (χ0n) is 16.4. The first-order valence-corrected chi connectivity index (χ1v) is 14.8. The summed E-state index contributed by atoms with van der Waals surface area (Å²) >= 11 is 0. The second-order valence-electron chi connectivity index (χ2n) is 6.45. The summed E-state index contributed by atoms with van der Waals surface area (Å²) in [6.07, 6.45) is 3.30. The lowest BCUT2D eigenvalue weighted by atomic mass is 10.7. The molecule has 3 nitrogen and oxygen atoms in total. The average molecular weight is 359 g/mol. The summed E-state index contributed by atoms with van der Waals surface area (Å²) in [5.74, 6) is 0. The fraction of sp³-hybridized carbons (Fsp3) is 0.833. The Balaban J connectivity index is 5.62. The Morgan fingerprint density at radius 2 is 1.22 bits per heavy atom. The van der Waals surface area contributed by atoms with Crippen LogP contribution in [0.25, 0.3) is 0 Å². The smallest absolute Gasteiger partial charge is 0.434 e. The zero-order chi connectivity index (χ0) is 17.9. The molecule has 0 N–H and O–H groups in total. The van der Waals surface area contributed by atoms with E-state index in [4.69, 9.17) is 9.47 Å². The van der Waals surface area contributed by atoms with Crippen molar-refractivity contribution in [1.82, 2.24) is 0 Å². The minimum Gasteiger partial charge on any atom is -0.434 e. The van der Waals surface area contributed by atoms with Crippen LogP contribution in [-0.2, 0) is 9.47 Å². The minimum atomic E-state index is -1.39. The van der Waals surface area contributed by atoms with Gasteiger partial charge in [-0.05, 0) is 12.1 Å². The van der Waals surface area contributed by atoms with Crippen LogP contribution in [0.1, 0.15) is 48.5 Å². The Morgan fingerprint density at radius 1 is 0.826 bits per heavy atom. The normalized spacial score (nSPS) is 12.9. The van der Waals surface area contributed by atoms with Gasteiger partial charge in [0, 0.05) is 0 Å². The lowest BCUT2D eigenvalue weighted by Crippen LogP contribution is -2.51. The lowest BCUT2D eigenvalue weighted by molar-refractivity contribution is 0.0893. The molecule has 0 aromatic heterocycles. The van der Waals surface area contributed by atoms with E-state index in [9.17, 15) is 4.79 Å². The third kappa shape index (κ3) is 5.49. The highest BCUT2D eigenvalue weighted by Crippen LogP contribution is 2.45. The molecule has 0 fully saturated rings. The summed E-state index contributed by atoms with van der Waals surface area (Å²) in [6, 6.07) is 7.85. The molecular weight excluding hydrogens is 320 g/mol. The van der Waals surface area contributed by atoms with Gasteiger partial charge in [0.2, 0.25) is 0 Å². The van der Waals surface area contributed by atoms with Gasteiger partial charge in [-0.3, -0.25) is 0 Å². The topological polar surface area (TPSA) is 35.5 Å². The van der Waals surface area contributed by atoms with E-state index >= 15 is 0 Å². The van der Waals surface area contributed by atoms with Gasteiger partial charge in [0.25, 0.3) is 0 Å². The summed E-state index contributed by atoms with van der Waals surface area (Å²) in [5.41, 5.74) is 0. The molecule has 0 aromatic carbocycles. The average Bonchev–Trinajstić information content (AvgIpc) is 2.58. The fourth-order valence-corrected chi connectivity index (χ4v) is 19.7. The van der Waals surface area contributed by atoms with Gasteiger partial charge in [0.1, 0.15) is 0 Å². The Kier molecular flexibility index (Phi) is 10.8. The molecule has 0 radical (unpaired) electrons. The molecule has 0 bridgehead atoms. The third-order valence-corrected chi connectivity index (χ3v) is 21.4. The van der Waals surface area contributed by atoms with E-state index in [-0.39, 0.29) is 0 Å². The Labute approximate surface area is 145 Å². The van der Waals surface area contributed by atoms with E-state index in [0.717, 1.165) is 0 Å². The molecule has 0 unspecified atom stereocenters. The van der Waals surface area contributed by atoms with E-state index < -0.39 is 22.3 Å². The molecule has 0 amide bonds. The van der Waals surface area contributed by atoms with Crippen molar-refractivity contribution >= 4 is 22.3 Å². The van der Waals surface area contributed by atoms with E-state index in [0.29, 0.717) is 11.8 Å². The molecule has 0 saturated carbocycles. The van der Waals surface area contributed by atoms with Crippen LogP contribution >= 0.6 is 0 Å². The van der Waals surface area contributed by atoms with Crippen molar-refractivity contribution in [2.75, 3.05) is 6.61 Å². The quantitative estimate of drug-likeness (QED) is 0.237. The predicted molar refractivity (Wildman–Crippen MR) is 105 cm³/mol. The molecule has 0 rings (SSSR count). The van der Waals surface area contributed by atoms with Gasteiger partial charge in [-0.25, -0.2) is 4.79 Å². The van der Waals surface area contributed by atoms with Crippen LogP contribution in [0, 0.1) is 0 Å². The lowest BCUT2D eigenvalue weighted by Gasteiger charge is -2.46. The summed E-state index contributed by atoms with van der Waals surface area (Å²) in [4.78, 5) is 11.5. The molecule has 23 heavy (non-hydrogen) atoms. The second-order valence-corrected chi connectivity index (χ2v) is 18.0. The van der Waals surface area contributed by atoms with Crippen molar-refractivity contribution in [2.45, 2.75) is 89.9 Å². The summed E-state index contributed by atoms with van der Waals surface area (Å²) in [6.45, 7) is 16.3. The van der Waals surface area contributed by atoms with Crippen LogP contribution in [0.5, 0.6) is 0 Å². The molecule has 0 aliphatic heterocycles. The monoisotopic (exact) mass is 358 g/mol. The number of allylic oxidation sites excluding steroid dienone is 1. The number of carbonyl (C=O) groups excluding carboxylic acids is 1. The highest BCUT2D eigenvalue weighted by molar-refractivity contribution is 7.00. The van der Waals surface area contributed by atoms with Crippen molar-refractivity contribution in [3.8, 4) is 0 Å². The number of carbonyl (C=O) groups is 1. The van der Waals surface area contributed by atoms with Gasteiger partial charge in [-0.1, -0.05) is 83.9 Å². The molecule has 0 saturated heterocycles.